The number of esters is 1. The molecule has 0 bridgehead atoms. The molecule has 0 atom stereocenters. The number of aryl methyl sites for hydroxylation is 1. The zero-order valence-electron chi connectivity index (χ0n) is 13.9. The van der Waals surface area contributed by atoms with Crippen molar-refractivity contribution in [2.45, 2.75) is 6.92 Å². The third kappa shape index (κ3) is 2.75. The van der Waals surface area contributed by atoms with Crippen molar-refractivity contribution in [1.29, 1.82) is 0 Å². The van der Waals surface area contributed by atoms with Gasteiger partial charge in [-0.2, -0.15) is 0 Å². The Morgan fingerprint density at radius 2 is 1.72 bits per heavy atom. The van der Waals surface area contributed by atoms with Gasteiger partial charge in [0.1, 0.15) is 17.1 Å². The smallest absolute Gasteiger partial charge is 0.341 e. The lowest BCUT2D eigenvalue weighted by atomic mass is 10.1. The molecule has 3 nitrogen and oxygen atoms in total. The average molecular weight is 348 g/mol. The van der Waals surface area contributed by atoms with Gasteiger partial charge < -0.3 is 9.47 Å². The van der Waals surface area contributed by atoms with Crippen molar-refractivity contribution >= 4 is 37.5 Å². The molecule has 0 amide bonds. The number of methoxy groups -OCH3 is 1. The molecule has 0 N–H and O–H groups in total. The van der Waals surface area contributed by atoms with E-state index in [1.165, 1.54) is 11.8 Å². The van der Waals surface area contributed by atoms with Crippen LogP contribution < -0.4 is 4.74 Å². The Hall–Kier alpha value is -2.85. The van der Waals surface area contributed by atoms with Gasteiger partial charge in [0.15, 0.2) is 0 Å². The minimum Gasteiger partial charge on any atom is -0.465 e. The van der Waals surface area contributed by atoms with E-state index in [1.54, 1.807) is 17.4 Å². The highest BCUT2D eigenvalue weighted by molar-refractivity contribution is 7.25. The molecule has 1 aromatic heterocycles. The normalized spacial score (nSPS) is 11.0. The molecule has 25 heavy (non-hydrogen) atoms. The Morgan fingerprint density at radius 3 is 2.56 bits per heavy atom. The minimum absolute atomic E-state index is 0.402. The van der Waals surface area contributed by atoms with Gasteiger partial charge in [0.2, 0.25) is 0 Å². The van der Waals surface area contributed by atoms with Gasteiger partial charge in [-0.3, -0.25) is 0 Å². The van der Waals surface area contributed by atoms with Crippen LogP contribution in [0.1, 0.15) is 15.9 Å². The number of carbonyl (C=O) groups is 1. The predicted molar refractivity (Wildman–Crippen MR) is 102 cm³/mol. The van der Waals surface area contributed by atoms with E-state index in [1.807, 2.05) is 43.3 Å². The van der Waals surface area contributed by atoms with Crippen molar-refractivity contribution in [3.05, 3.63) is 71.8 Å². The van der Waals surface area contributed by atoms with Crippen LogP contribution in [-0.4, -0.2) is 13.1 Å². The fourth-order valence-electron chi connectivity index (χ4n) is 2.95. The summed E-state index contributed by atoms with van der Waals surface area (Å²) in [7, 11) is 1.38. The molecule has 4 aromatic rings. The molecule has 0 spiro atoms. The maximum absolute atomic E-state index is 12.1. The van der Waals surface area contributed by atoms with Crippen molar-refractivity contribution in [3.8, 4) is 11.5 Å². The lowest BCUT2D eigenvalue weighted by Crippen LogP contribution is -2.04. The summed E-state index contributed by atoms with van der Waals surface area (Å²) < 4.78 is 13.4. The van der Waals surface area contributed by atoms with Crippen LogP contribution in [0.15, 0.2) is 60.7 Å². The fraction of sp³-hybridized carbons (Fsp3) is 0.0952. The van der Waals surface area contributed by atoms with Crippen LogP contribution in [0.2, 0.25) is 0 Å². The second kappa shape index (κ2) is 6.22. The van der Waals surface area contributed by atoms with Crippen LogP contribution in [0.5, 0.6) is 11.5 Å². The van der Waals surface area contributed by atoms with E-state index in [9.17, 15) is 4.79 Å². The first kappa shape index (κ1) is 15.7. The number of ether oxygens (including phenoxy) is 2. The standard InChI is InChI=1S/C21H16O3S/c1-13-10-11-16(15(12-13)21(22)23-2)24-17-7-5-9-19-20(17)14-6-3-4-8-18(14)25-19/h3-12H,1-2H3. The molecule has 4 heteroatoms. The maximum Gasteiger partial charge on any atom is 0.341 e. The Morgan fingerprint density at radius 1 is 0.920 bits per heavy atom. The molecule has 0 aliphatic rings. The molecule has 1 heterocycles. The molecule has 3 aromatic carbocycles. The van der Waals surface area contributed by atoms with E-state index < -0.39 is 5.97 Å². The minimum atomic E-state index is -0.402. The van der Waals surface area contributed by atoms with E-state index in [0.717, 1.165) is 26.8 Å². The first-order chi connectivity index (χ1) is 12.2. The largest absolute Gasteiger partial charge is 0.465 e. The molecule has 0 fully saturated rings. The fourth-order valence-corrected chi connectivity index (χ4v) is 4.07. The quantitative estimate of drug-likeness (QED) is 0.430. The molecular weight excluding hydrogens is 332 g/mol. The third-order valence-corrected chi connectivity index (χ3v) is 5.26. The first-order valence-electron chi connectivity index (χ1n) is 7.94. The molecular formula is C21H16O3S. The van der Waals surface area contributed by atoms with Crippen molar-refractivity contribution in [3.63, 3.8) is 0 Å². The number of hydrogen-bond donors (Lipinski definition) is 0. The highest BCUT2D eigenvalue weighted by Gasteiger charge is 2.16. The molecule has 124 valence electrons. The van der Waals surface area contributed by atoms with Crippen molar-refractivity contribution in [2.75, 3.05) is 7.11 Å². The Bertz CT molecular complexity index is 1090. The highest BCUT2D eigenvalue weighted by atomic mass is 32.1. The van der Waals surface area contributed by atoms with Crippen molar-refractivity contribution in [2.24, 2.45) is 0 Å². The average Bonchev–Trinajstić information content (AvgIpc) is 3.02. The van der Waals surface area contributed by atoms with Crippen molar-refractivity contribution in [1.82, 2.24) is 0 Å². The van der Waals surface area contributed by atoms with E-state index in [0.29, 0.717) is 11.3 Å². The lowest BCUT2D eigenvalue weighted by molar-refractivity contribution is 0.0598. The summed E-state index contributed by atoms with van der Waals surface area (Å²) in [5.41, 5.74) is 1.41. The Balaban J connectivity index is 1.88. The van der Waals surface area contributed by atoms with Gasteiger partial charge in [0, 0.05) is 20.2 Å². The molecule has 0 unspecified atom stereocenters. The van der Waals surface area contributed by atoms with Crippen LogP contribution in [-0.2, 0) is 4.74 Å². The van der Waals surface area contributed by atoms with E-state index in [2.05, 4.69) is 18.2 Å². The van der Waals surface area contributed by atoms with Crippen LogP contribution in [0.3, 0.4) is 0 Å². The van der Waals surface area contributed by atoms with Crippen LogP contribution >= 0.6 is 11.3 Å². The summed E-state index contributed by atoms with van der Waals surface area (Å²) in [5.74, 6) is 0.838. The van der Waals surface area contributed by atoms with Crippen LogP contribution in [0, 0.1) is 6.92 Å². The van der Waals surface area contributed by atoms with E-state index in [-0.39, 0.29) is 0 Å². The summed E-state index contributed by atoms with van der Waals surface area (Å²) in [6.07, 6.45) is 0. The van der Waals surface area contributed by atoms with Gasteiger partial charge in [-0.25, -0.2) is 4.79 Å². The monoisotopic (exact) mass is 348 g/mol. The van der Waals surface area contributed by atoms with E-state index in [4.69, 9.17) is 9.47 Å². The number of carbonyl (C=O) groups excluding carboxylic acids is 1. The SMILES string of the molecule is COC(=O)c1cc(C)ccc1Oc1cccc2sc3ccccc3c12. The summed E-state index contributed by atoms with van der Waals surface area (Å²) in [6, 6.07) is 19.8. The number of rotatable bonds is 3. The van der Waals surface area contributed by atoms with Crippen molar-refractivity contribution < 1.29 is 14.3 Å². The third-order valence-electron chi connectivity index (χ3n) is 4.12. The van der Waals surface area contributed by atoms with Gasteiger partial charge in [-0.05, 0) is 37.3 Å². The number of fused-ring (bicyclic) bond motifs is 3. The second-order valence-corrected chi connectivity index (χ2v) is 6.90. The maximum atomic E-state index is 12.1. The molecule has 0 aliphatic carbocycles. The van der Waals surface area contributed by atoms with Gasteiger partial charge in [-0.1, -0.05) is 35.9 Å². The number of hydrogen-bond acceptors (Lipinski definition) is 4. The van der Waals surface area contributed by atoms with Gasteiger partial charge in [-0.15, -0.1) is 11.3 Å². The Labute approximate surface area is 149 Å². The summed E-state index contributed by atoms with van der Waals surface area (Å²) in [6.45, 7) is 1.93. The summed E-state index contributed by atoms with van der Waals surface area (Å²) >= 11 is 1.73. The van der Waals surface area contributed by atoms with E-state index >= 15 is 0 Å². The highest BCUT2D eigenvalue weighted by Crippen LogP contribution is 2.41. The molecule has 0 saturated heterocycles. The lowest BCUT2D eigenvalue weighted by Gasteiger charge is -2.12. The molecule has 0 saturated carbocycles. The first-order valence-corrected chi connectivity index (χ1v) is 8.76. The van der Waals surface area contributed by atoms with Gasteiger partial charge in [0.25, 0.3) is 0 Å². The predicted octanol–water partition coefficient (Wildman–Crippen LogP) is 5.94. The summed E-state index contributed by atoms with van der Waals surface area (Å²) in [4.78, 5) is 12.1. The zero-order chi connectivity index (χ0) is 17.4. The summed E-state index contributed by atoms with van der Waals surface area (Å²) in [5, 5.41) is 2.23. The second-order valence-electron chi connectivity index (χ2n) is 5.82. The molecule has 4 rings (SSSR count). The van der Waals surface area contributed by atoms with Crippen LogP contribution in [0.25, 0.3) is 20.2 Å². The van der Waals surface area contributed by atoms with Crippen LogP contribution in [0.4, 0.5) is 0 Å². The number of benzene rings is 3. The molecule has 0 aliphatic heterocycles. The Kier molecular flexibility index (Phi) is 3.90. The van der Waals surface area contributed by atoms with Gasteiger partial charge in [0.05, 0.1) is 7.11 Å². The topological polar surface area (TPSA) is 35.5 Å². The molecule has 0 radical (unpaired) electrons. The number of thiophene rings is 1. The van der Waals surface area contributed by atoms with Gasteiger partial charge >= 0.3 is 5.97 Å². The zero-order valence-corrected chi connectivity index (χ0v) is 14.7.